The lowest BCUT2D eigenvalue weighted by Crippen LogP contribution is -2.50. The Morgan fingerprint density at radius 3 is 2.26 bits per heavy atom. The van der Waals surface area contributed by atoms with E-state index in [1.165, 1.54) is 0 Å². The second-order valence-corrected chi connectivity index (χ2v) is 9.59. The van der Waals surface area contributed by atoms with E-state index in [2.05, 4.69) is 5.32 Å². The zero-order valence-electron chi connectivity index (χ0n) is 18.5. The summed E-state index contributed by atoms with van der Waals surface area (Å²) in [5.74, 6) is -2.01. The van der Waals surface area contributed by atoms with Crippen LogP contribution in [0.25, 0.3) is 0 Å². The number of esters is 1. The lowest BCUT2D eigenvalue weighted by Gasteiger charge is -2.28. The van der Waals surface area contributed by atoms with Gasteiger partial charge in [0.05, 0.1) is 11.8 Å². The van der Waals surface area contributed by atoms with Crippen LogP contribution in [0.1, 0.15) is 44.2 Å². The lowest BCUT2D eigenvalue weighted by molar-refractivity contribution is -0.162. The van der Waals surface area contributed by atoms with E-state index in [1.54, 1.807) is 19.9 Å². The maximum atomic E-state index is 13.1. The van der Waals surface area contributed by atoms with Crippen LogP contribution in [0.2, 0.25) is 0 Å². The Morgan fingerprint density at radius 2 is 1.71 bits per heavy atom. The van der Waals surface area contributed by atoms with Crippen LogP contribution < -0.4 is 5.32 Å². The predicted octanol–water partition coefficient (Wildman–Crippen LogP) is 2.84. The maximum absolute atomic E-state index is 13.1. The van der Waals surface area contributed by atoms with Crippen molar-refractivity contribution in [3.8, 4) is 0 Å². The number of hydrogen-bond acceptors (Lipinski definition) is 5. The minimum Gasteiger partial charge on any atom is -0.454 e. The molecule has 2 bridgehead atoms. The van der Waals surface area contributed by atoms with E-state index in [4.69, 9.17) is 4.74 Å². The highest BCUT2D eigenvalue weighted by atomic mass is 16.5. The van der Waals surface area contributed by atoms with Crippen LogP contribution in [0.15, 0.2) is 18.2 Å². The molecule has 7 heteroatoms. The normalized spacial score (nSPS) is 27.6. The number of hydrogen-bond donors (Lipinski definition) is 1. The molecule has 5 atom stereocenters. The molecule has 2 aliphatic carbocycles. The average Bonchev–Trinajstić information content (AvgIpc) is 3.38. The monoisotopic (exact) mass is 426 g/mol. The van der Waals surface area contributed by atoms with Crippen molar-refractivity contribution >= 4 is 29.4 Å². The molecule has 1 heterocycles. The summed E-state index contributed by atoms with van der Waals surface area (Å²) in [4.78, 5) is 52.5. The first-order chi connectivity index (χ1) is 14.7. The van der Waals surface area contributed by atoms with Gasteiger partial charge in [-0.3, -0.25) is 19.3 Å². The van der Waals surface area contributed by atoms with Gasteiger partial charge in [-0.25, -0.2) is 4.79 Å². The van der Waals surface area contributed by atoms with Gasteiger partial charge in [0.15, 0.2) is 6.61 Å². The third kappa shape index (κ3) is 3.75. The van der Waals surface area contributed by atoms with Crippen LogP contribution in [-0.2, 0) is 23.9 Å². The second kappa shape index (κ2) is 8.09. The van der Waals surface area contributed by atoms with Gasteiger partial charge in [-0.2, -0.15) is 0 Å². The fraction of sp³-hybridized carbons (Fsp3) is 0.583. The number of carbonyl (C=O) groups is 4. The number of benzene rings is 1. The molecule has 3 fully saturated rings. The van der Waals surface area contributed by atoms with E-state index in [0.29, 0.717) is 5.69 Å². The molecule has 166 valence electrons. The van der Waals surface area contributed by atoms with Crippen LogP contribution in [0.3, 0.4) is 0 Å². The molecule has 4 rings (SSSR count). The van der Waals surface area contributed by atoms with Crippen molar-refractivity contribution in [2.45, 2.75) is 53.0 Å². The van der Waals surface area contributed by atoms with Gasteiger partial charge in [-0.05, 0) is 62.5 Å². The van der Waals surface area contributed by atoms with Crippen molar-refractivity contribution in [2.75, 3.05) is 11.9 Å². The summed E-state index contributed by atoms with van der Waals surface area (Å²) in [7, 11) is 0. The Balaban J connectivity index is 1.42. The molecule has 1 N–H and O–H groups in total. The summed E-state index contributed by atoms with van der Waals surface area (Å²) in [6.45, 7) is 6.95. The molecule has 2 saturated carbocycles. The predicted molar refractivity (Wildman–Crippen MR) is 114 cm³/mol. The van der Waals surface area contributed by atoms with Gasteiger partial charge < -0.3 is 10.1 Å². The second-order valence-electron chi connectivity index (χ2n) is 9.59. The first-order valence-electron chi connectivity index (χ1n) is 11.1. The zero-order chi connectivity index (χ0) is 22.4. The minimum absolute atomic E-state index is 0.238. The Labute approximate surface area is 182 Å². The van der Waals surface area contributed by atoms with E-state index < -0.39 is 24.5 Å². The van der Waals surface area contributed by atoms with E-state index >= 15 is 0 Å². The van der Waals surface area contributed by atoms with Gasteiger partial charge in [-0.15, -0.1) is 0 Å². The van der Waals surface area contributed by atoms with Crippen LogP contribution in [0, 0.1) is 43.4 Å². The fourth-order valence-electron chi connectivity index (χ4n) is 5.74. The van der Waals surface area contributed by atoms with Crippen molar-refractivity contribution in [3.63, 3.8) is 0 Å². The molecular weight excluding hydrogens is 396 g/mol. The number of imide groups is 1. The molecule has 0 unspecified atom stereocenters. The van der Waals surface area contributed by atoms with Gasteiger partial charge >= 0.3 is 5.97 Å². The van der Waals surface area contributed by atoms with Crippen LogP contribution >= 0.6 is 0 Å². The van der Waals surface area contributed by atoms with Crippen molar-refractivity contribution in [1.82, 2.24) is 4.90 Å². The third-order valence-electron chi connectivity index (χ3n) is 7.11. The van der Waals surface area contributed by atoms with E-state index in [0.717, 1.165) is 35.3 Å². The highest BCUT2D eigenvalue weighted by Crippen LogP contribution is 2.56. The van der Waals surface area contributed by atoms with Crippen LogP contribution in [-0.4, -0.2) is 41.2 Å². The molecule has 1 saturated heterocycles. The highest BCUT2D eigenvalue weighted by molar-refractivity contribution is 6.08. The van der Waals surface area contributed by atoms with Crippen molar-refractivity contribution in [2.24, 2.45) is 29.6 Å². The number of likely N-dealkylation sites (tertiary alicyclic amines) is 1. The first kappa shape index (κ1) is 21.5. The highest BCUT2D eigenvalue weighted by Gasteiger charge is 2.62. The van der Waals surface area contributed by atoms with Gasteiger partial charge in [0, 0.05) is 5.69 Å². The number of nitrogens with zero attached hydrogens (tertiary/aromatic N) is 1. The number of fused-ring (bicyclic) bond motifs is 5. The van der Waals surface area contributed by atoms with Crippen molar-refractivity contribution in [3.05, 3.63) is 29.3 Å². The largest absolute Gasteiger partial charge is 0.454 e. The molecule has 0 radical (unpaired) electrons. The number of rotatable bonds is 6. The summed E-state index contributed by atoms with van der Waals surface area (Å²) in [6.07, 6.45) is 2.90. The van der Waals surface area contributed by atoms with Gasteiger partial charge in [0.1, 0.15) is 6.04 Å². The standard InChI is InChI=1S/C24H30N2O5/c1-12(2)21(26-22(28)19-15-6-7-16(10-15)20(19)23(26)29)24(30)31-11-18(27)25-17-8-5-13(3)9-14(17)4/h5,8-9,12,15-16,19-21H,6-7,10-11H2,1-4H3,(H,25,27)/t15-,16-,19-,20-,21-/m0/s1. The summed E-state index contributed by atoms with van der Waals surface area (Å²) < 4.78 is 5.27. The third-order valence-corrected chi connectivity index (χ3v) is 7.11. The molecule has 0 aromatic heterocycles. The van der Waals surface area contributed by atoms with E-state index in [1.807, 2.05) is 26.0 Å². The Kier molecular flexibility index (Phi) is 5.62. The lowest BCUT2D eigenvalue weighted by atomic mass is 9.81. The number of aryl methyl sites for hydroxylation is 2. The quantitative estimate of drug-likeness (QED) is 0.558. The summed E-state index contributed by atoms with van der Waals surface area (Å²) in [6, 6.07) is 4.64. The smallest absolute Gasteiger partial charge is 0.330 e. The molecular formula is C24H30N2O5. The van der Waals surface area contributed by atoms with Gasteiger partial charge in [0.2, 0.25) is 11.8 Å². The van der Waals surface area contributed by atoms with Gasteiger partial charge in [-0.1, -0.05) is 31.5 Å². The number of amides is 3. The van der Waals surface area contributed by atoms with Crippen molar-refractivity contribution < 1.29 is 23.9 Å². The fourth-order valence-corrected chi connectivity index (χ4v) is 5.74. The minimum atomic E-state index is -1.00. The number of carbonyl (C=O) groups excluding carboxylic acids is 4. The molecule has 3 aliphatic rings. The number of nitrogens with one attached hydrogen (secondary N) is 1. The average molecular weight is 427 g/mol. The topological polar surface area (TPSA) is 92.8 Å². The van der Waals surface area contributed by atoms with E-state index in [-0.39, 0.29) is 41.4 Å². The Hall–Kier alpha value is -2.70. The SMILES string of the molecule is Cc1ccc(NC(=O)COC(=O)[C@H](C(C)C)N2C(=O)[C@H]3[C@H]4CC[C@@H](C4)[C@@H]3C2=O)c(C)c1. The molecule has 3 amide bonds. The van der Waals surface area contributed by atoms with E-state index in [9.17, 15) is 19.2 Å². The summed E-state index contributed by atoms with van der Waals surface area (Å²) in [5.41, 5.74) is 2.65. The molecule has 0 spiro atoms. The molecule has 1 aromatic rings. The number of ether oxygens (including phenoxy) is 1. The zero-order valence-corrected chi connectivity index (χ0v) is 18.5. The molecule has 1 aromatic carbocycles. The molecule has 1 aliphatic heterocycles. The summed E-state index contributed by atoms with van der Waals surface area (Å²) in [5, 5.41) is 2.74. The first-order valence-corrected chi connectivity index (χ1v) is 11.1. The molecule has 7 nitrogen and oxygen atoms in total. The molecule has 31 heavy (non-hydrogen) atoms. The Bertz CT molecular complexity index is 912. The van der Waals surface area contributed by atoms with Crippen molar-refractivity contribution in [1.29, 1.82) is 0 Å². The Morgan fingerprint density at radius 1 is 1.10 bits per heavy atom. The number of anilines is 1. The maximum Gasteiger partial charge on any atom is 0.330 e. The summed E-state index contributed by atoms with van der Waals surface area (Å²) >= 11 is 0. The van der Waals surface area contributed by atoms with Crippen LogP contribution in [0.5, 0.6) is 0 Å². The van der Waals surface area contributed by atoms with Crippen LogP contribution in [0.4, 0.5) is 5.69 Å². The van der Waals surface area contributed by atoms with Gasteiger partial charge in [0.25, 0.3) is 5.91 Å².